The summed E-state index contributed by atoms with van der Waals surface area (Å²) in [5.41, 5.74) is 1.55. The molecule has 1 unspecified atom stereocenters. The Balaban J connectivity index is 2.48. The third-order valence-corrected chi connectivity index (χ3v) is 2.28. The monoisotopic (exact) mass is 208 g/mol. The molecule has 0 amide bonds. The molecule has 72 valence electrons. The van der Waals surface area contributed by atoms with E-state index in [1.165, 1.54) is 0 Å². The van der Waals surface area contributed by atoms with Crippen molar-refractivity contribution in [2.45, 2.75) is 12.3 Å². The van der Waals surface area contributed by atoms with E-state index in [4.69, 9.17) is 11.6 Å². The minimum atomic E-state index is -0.487. The van der Waals surface area contributed by atoms with Crippen molar-refractivity contribution >= 4 is 28.3 Å². The van der Waals surface area contributed by atoms with Gasteiger partial charge in [-0.25, -0.2) is 0 Å². The van der Waals surface area contributed by atoms with Gasteiger partial charge in [-0.05, 0) is 25.1 Å². The molecule has 0 radical (unpaired) electrons. The fourth-order valence-electron chi connectivity index (χ4n) is 1.33. The van der Waals surface area contributed by atoms with Gasteiger partial charge in [0.25, 0.3) is 0 Å². The van der Waals surface area contributed by atoms with Crippen molar-refractivity contribution in [2.24, 2.45) is 0 Å². The molecule has 0 aliphatic heterocycles. The minimum Gasteiger partial charge on any atom is -0.293 e. The summed E-state index contributed by atoms with van der Waals surface area (Å²) in [5.74, 6) is -0.0604. The molecule has 1 atom stereocenters. The number of ketones is 1. The average Bonchev–Trinajstić information content (AvgIpc) is 2.62. The summed E-state index contributed by atoms with van der Waals surface area (Å²) in [6, 6.07) is 5.37. The highest BCUT2D eigenvalue weighted by molar-refractivity contribution is 6.33. The molecule has 2 aromatic rings. The molecular weight excluding hydrogens is 200 g/mol. The molecule has 0 fully saturated rings. The van der Waals surface area contributed by atoms with E-state index in [9.17, 15) is 4.79 Å². The fraction of sp³-hybridized carbons (Fsp3) is 0.200. The molecule has 0 saturated carbocycles. The predicted molar refractivity (Wildman–Crippen MR) is 55.7 cm³/mol. The van der Waals surface area contributed by atoms with Crippen LogP contribution in [0, 0.1) is 0 Å². The number of carbonyl (C=O) groups excluding carboxylic acids is 1. The molecule has 1 heterocycles. The van der Waals surface area contributed by atoms with Crippen LogP contribution in [0.1, 0.15) is 17.3 Å². The largest absolute Gasteiger partial charge is 0.293 e. The number of alkyl halides is 1. The minimum absolute atomic E-state index is 0.0604. The molecule has 0 saturated heterocycles. The molecule has 1 aromatic heterocycles. The second kappa shape index (κ2) is 3.42. The van der Waals surface area contributed by atoms with Crippen LogP contribution in [0.5, 0.6) is 0 Å². The third-order valence-electron chi connectivity index (χ3n) is 2.09. The number of halogens is 1. The summed E-state index contributed by atoms with van der Waals surface area (Å²) >= 11 is 5.71. The quantitative estimate of drug-likeness (QED) is 0.609. The van der Waals surface area contributed by atoms with Crippen LogP contribution >= 0.6 is 11.6 Å². The van der Waals surface area contributed by atoms with Gasteiger partial charge in [-0.15, -0.1) is 11.6 Å². The molecular formula is C10H9ClN2O. The number of nitrogens with zero attached hydrogens (tertiary/aromatic N) is 1. The molecule has 1 N–H and O–H groups in total. The van der Waals surface area contributed by atoms with E-state index in [0.29, 0.717) is 5.56 Å². The zero-order chi connectivity index (χ0) is 10.1. The van der Waals surface area contributed by atoms with Crippen molar-refractivity contribution in [2.75, 3.05) is 0 Å². The summed E-state index contributed by atoms with van der Waals surface area (Å²) in [6.45, 7) is 1.67. The topological polar surface area (TPSA) is 45.8 Å². The summed E-state index contributed by atoms with van der Waals surface area (Å²) in [5, 5.41) is 7.14. The number of carbonyl (C=O) groups is 1. The molecule has 0 aliphatic carbocycles. The number of aromatic nitrogens is 2. The van der Waals surface area contributed by atoms with Gasteiger partial charge in [-0.3, -0.25) is 9.89 Å². The Morgan fingerprint density at radius 2 is 2.36 bits per heavy atom. The summed E-state index contributed by atoms with van der Waals surface area (Å²) < 4.78 is 0. The van der Waals surface area contributed by atoms with Crippen LogP contribution in [0.3, 0.4) is 0 Å². The van der Waals surface area contributed by atoms with E-state index in [-0.39, 0.29) is 5.78 Å². The van der Waals surface area contributed by atoms with Gasteiger partial charge in [-0.2, -0.15) is 5.10 Å². The molecule has 1 aromatic carbocycles. The Bertz CT molecular complexity index is 476. The number of hydrogen-bond donors (Lipinski definition) is 1. The molecule has 3 nitrogen and oxygen atoms in total. The van der Waals surface area contributed by atoms with Gasteiger partial charge in [0.05, 0.1) is 17.1 Å². The van der Waals surface area contributed by atoms with Crippen LogP contribution in [0.4, 0.5) is 0 Å². The second-order valence-electron chi connectivity index (χ2n) is 3.15. The van der Waals surface area contributed by atoms with Gasteiger partial charge in [-0.1, -0.05) is 0 Å². The number of benzene rings is 1. The van der Waals surface area contributed by atoms with E-state index < -0.39 is 5.38 Å². The van der Waals surface area contributed by atoms with Crippen LogP contribution in [0.2, 0.25) is 0 Å². The van der Waals surface area contributed by atoms with E-state index in [1.807, 2.05) is 6.07 Å². The van der Waals surface area contributed by atoms with Crippen LogP contribution in [0.25, 0.3) is 10.9 Å². The van der Waals surface area contributed by atoms with E-state index >= 15 is 0 Å². The first kappa shape index (κ1) is 9.21. The predicted octanol–water partition coefficient (Wildman–Crippen LogP) is 2.37. The van der Waals surface area contributed by atoms with Crippen molar-refractivity contribution in [3.63, 3.8) is 0 Å². The number of rotatable bonds is 2. The van der Waals surface area contributed by atoms with Crippen LogP contribution < -0.4 is 0 Å². The van der Waals surface area contributed by atoms with E-state index in [1.54, 1.807) is 25.3 Å². The normalized spacial score (nSPS) is 13.0. The van der Waals surface area contributed by atoms with Gasteiger partial charge in [0, 0.05) is 10.9 Å². The lowest BCUT2D eigenvalue weighted by Crippen LogP contribution is -2.09. The van der Waals surface area contributed by atoms with Gasteiger partial charge in [0.15, 0.2) is 5.78 Å². The maximum absolute atomic E-state index is 11.5. The Kier molecular flexibility index (Phi) is 2.25. The lowest BCUT2D eigenvalue weighted by molar-refractivity contribution is 0.0992. The molecule has 0 bridgehead atoms. The van der Waals surface area contributed by atoms with Crippen molar-refractivity contribution in [3.05, 3.63) is 30.0 Å². The fourth-order valence-corrected chi connectivity index (χ4v) is 1.45. The smallest absolute Gasteiger partial charge is 0.180 e. The van der Waals surface area contributed by atoms with Gasteiger partial charge in [0.2, 0.25) is 0 Å². The van der Waals surface area contributed by atoms with E-state index in [2.05, 4.69) is 10.2 Å². The van der Waals surface area contributed by atoms with Crippen LogP contribution in [0.15, 0.2) is 24.4 Å². The van der Waals surface area contributed by atoms with Crippen LogP contribution in [-0.2, 0) is 0 Å². The number of H-pyrrole nitrogens is 1. The van der Waals surface area contributed by atoms with Crippen molar-refractivity contribution in [3.8, 4) is 0 Å². The number of aromatic amines is 1. The lowest BCUT2D eigenvalue weighted by Gasteiger charge is -2.01. The number of hydrogen-bond acceptors (Lipinski definition) is 2. The Morgan fingerprint density at radius 1 is 1.57 bits per heavy atom. The first-order valence-electron chi connectivity index (χ1n) is 4.30. The third kappa shape index (κ3) is 1.51. The number of nitrogens with one attached hydrogen (secondary N) is 1. The molecule has 14 heavy (non-hydrogen) atoms. The highest BCUT2D eigenvalue weighted by Gasteiger charge is 2.12. The highest BCUT2D eigenvalue weighted by atomic mass is 35.5. The standard InChI is InChI=1S/C10H9ClN2O/c1-6(11)10(14)7-2-3-9-8(4-7)5-12-13-9/h2-6H,1H3,(H,12,13). The number of fused-ring (bicyclic) bond motifs is 1. The van der Waals surface area contributed by atoms with Gasteiger partial charge >= 0.3 is 0 Å². The van der Waals surface area contributed by atoms with Gasteiger partial charge in [0.1, 0.15) is 0 Å². The first-order valence-corrected chi connectivity index (χ1v) is 4.73. The molecule has 0 aliphatic rings. The second-order valence-corrected chi connectivity index (χ2v) is 3.81. The first-order chi connectivity index (χ1) is 6.68. The van der Waals surface area contributed by atoms with Crippen molar-refractivity contribution in [1.29, 1.82) is 0 Å². The maximum Gasteiger partial charge on any atom is 0.180 e. The number of Topliss-reactive ketones (excluding diaryl/α,β-unsaturated/α-hetero) is 1. The Hall–Kier alpha value is -1.35. The summed E-state index contributed by atoms with van der Waals surface area (Å²) in [4.78, 5) is 11.5. The molecule has 0 spiro atoms. The molecule has 2 rings (SSSR count). The Morgan fingerprint density at radius 3 is 3.07 bits per heavy atom. The highest BCUT2D eigenvalue weighted by Crippen LogP contribution is 2.15. The van der Waals surface area contributed by atoms with Crippen molar-refractivity contribution < 1.29 is 4.79 Å². The van der Waals surface area contributed by atoms with Crippen LogP contribution in [-0.4, -0.2) is 21.4 Å². The van der Waals surface area contributed by atoms with E-state index in [0.717, 1.165) is 10.9 Å². The summed E-state index contributed by atoms with van der Waals surface area (Å²) in [7, 11) is 0. The maximum atomic E-state index is 11.5. The zero-order valence-electron chi connectivity index (χ0n) is 7.62. The zero-order valence-corrected chi connectivity index (χ0v) is 8.38. The SMILES string of the molecule is CC(Cl)C(=O)c1ccc2[nH]ncc2c1. The Labute approximate surface area is 86.1 Å². The van der Waals surface area contributed by atoms with Gasteiger partial charge < -0.3 is 0 Å². The molecule has 4 heteroatoms. The lowest BCUT2D eigenvalue weighted by atomic mass is 10.1. The summed E-state index contributed by atoms with van der Waals surface area (Å²) in [6.07, 6.45) is 1.69. The van der Waals surface area contributed by atoms with Crippen molar-refractivity contribution in [1.82, 2.24) is 10.2 Å². The average molecular weight is 209 g/mol.